The molecule has 0 aliphatic rings. The first kappa shape index (κ1) is 58.3. The van der Waals surface area contributed by atoms with Gasteiger partial charge in [-0.3, -0.25) is 9.59 Å². The van der Waals surface area contributed by atoms with Crippen molar-refractivity contribution in [2.24, 2.45) is 0 Å². The molecule has 8 heteroatoms. The third kappa shape index (κ3) is 42.4. The molecule has 0 fully saturated rings. The van der Waals surface area contributed by atoms with Gasteiger partial charge < -0.3 is 23.8 Å². The van der Waals surface area contributed by atoms with Gasteiger partial charge in [-0.1, -0.05) is 172 Å². The smallest absolute Gasteiger partial charge is 0.362 e. The summed E-state index contributed by atoms with van der Waals surface area (Å²) in [5.41, 5.74) is 0. The van der Waals surface area contributed by atoms with E-state index in [2.05, 4.69) is 62.5 Å². The Morgan fingerprint density at radius 2 is 0.869 bits per heavy atom. The predicted molar refractivity (Wildman–Crippen MR) is 257 cm³/mol. The van der Waals surface area contributed by atoms with Crippen molar-refractivity contribution < 1.29 is 38.2 Å². The zero-order chi connectivity index (χ0) is 44.9. The van der Waals surface area contributed by atoms with Crippen molar-refractivity contribution in [1.29, 1.82) is 0 Å². The van der Waals surface area contributed by atoms with Gasteiger partial charge in [-0.25, -0.2) is 4.79 Å². The molecule has 0 heterocycles. The van der Waals surface area contributed by atoms with Gasteiger partial charge in [-0.15, -0.1) is 0 Å². The Balaban J connectivity index is 4.30. The topological polar surface area (TPSA) is 99.1 Å². The highest BCUT2D eigenvalue weighted by Crippen LogP contribution is 2.14. The number of ether oxygens (including phenoxy) is 3. The molecule has 0 aromatic rings. The Kier molecular flexibility index (Phi) is 42.0. The molecule has 8 nitrogen and oxygen atoms in total. The van der Waals surface area contributed by atoms with Crippen LogP contribution in [0.25, 0.3) is 0 Å². The Bertz CT molecular complexity index is 1140. The van der Waals surface area contributed by atoms with E-state index in [0.717, 1.165) is 64.2 Å². The van der Waals surface area contributed by atoms with Crippen LogP contribution in [0.4, 0.5) is 0 Å². The van der Waals surface area contributed by atoms with E-state index in [4.69, 9.17) is 14.2 Å². The summed E-state index contributed by atoms with van der Waals surface area (Å²) in [6.45, 7) is 4.71. The number of nitrogens with zero attached hydrogens (tertiary/aromatic N) is 1. The number of aliphatic carboxylic acids is 1. The van der Waals surface area contributed by atoms with E-state index in [1.54, 1.807) is 0 Å². The summed E-state index contributed by atoms with van der Waals surface area (Å²) < 4.78 is 17.3. The number of carbonyl (C=O) groups excluding carboxylic acids is 2. The van der Waals surface area contributed by atoms with Crippen LogP contribution in [0, 0.1) is 0 Å². The van der Waals surface area contributed by atoms with Crippen molar-refractivity contribution in [3.63, 3.8) is 0 Å². The van der Waals surface area contributed by atoms with E-state index >= 15 is 0 Å². The number of unbranched alkanes of at least 4 members (excludes halogenated alkanes) is 23. The second kappa shape index (κ2) is 43.9. The Morgan fingerprint density at radius 1 is 0.492 bits per heavy atom. The molecule has 0 spiro atoms. The number of quaternary nitrogens is 1. The zero-order valence-electron chi connectivity index (χ0n) is 40.4. The summed E-state index contributed by atoms with van der Waals surface area (Å²) in [5.74, 6) is -1.48. The molecule has 0 amide bonds. The van der Waals surface area contributed by atoms with E-state index < -0.39 is 18.1 Å². The summed E-state index contributed by atoms with van der Waals surface area (Å²) in [7, 11) is 5.53. The second-order valence-corrected chi connectivity index (χ2v) is 18.1. The van der Waals surface area contributed by atoms with Crippen molar-refractivity contribution in [1.82, 2.24) is 0 Å². The highest BCUT2D eigenvalue weighted by Gasteiger charge is 2.31. The molecule has 0 saturated heterocycles. The summed E-state index contributed by atoms with van der Waals surface area (Å²) in [4.78, 5) is 37.1. The minimum Gasteiger partial charge on any atom is -0.477 e. The molecule has 2 unspecified atom stereocenters. The molecule has 0 saturated carbocycles. The van der Waals surface area contributed by atoms with Crippen molar-refractivity contribution in [2.45, 2.75) is 231 Å². The van der Waals surface area contributed by atoms with Crippen molar-refractivity contribution >= 4 is 17.9 Å². The van der Waals surface area contributed by atoms with Crippen LogP contribution in [-0.2, 0) is 28.6 Å². The molecular weight excluding hydrogens is 763 g/mol. The fourth-order valence-electron chi connectivity index (χ4n) is 7.27. The number of carboxylic acid groups (broad SMARTS) is 1. The number of carboxylic acids is 1. The largest absolute Gasteiger partial charge is 0.477 e. The van der Waals surface area contributed by atoms with Gasteiger partial charge in [-0.05, 0) is 77.0 Å². The predicted octanol–water partition coefficient (Wildman–Crippen LogP) is 14.4. The van der Waals surface area contributed by atoms with Crippen LogP contribution in [0.3, 0.4) is 0 Å². The standard InChI is InChI=1S/C53H95NO7/c1-6-8-10-12-14-16-18-20-22-24-26-28-30-32-34-36-38-40-42-44-52(56)61-49(47-59-46-45-50(53(57)58)54(3,4)5)48-60-51(55)43-41-39-37-35-33-31-29-27-25-23-21-19-17-15-13-11-9-7-2/h14,16,20,22-23,25-26,28,49-50H,6-13,15,17-19,21,24,27,29-48H2,1-5H3/p+1/b16-14-,22-20-,25-23-,28-26-. The monoisotopic (exact) mass is 859 g/mol. The molecule has 0 rings (SSSR count). The van der Waals surface area contributed by atoms with Crippen LogP contribution >= 0.6 is 0 Å². The molecule has 61 heavy (non-hydrogen) atoms. The van der Waals surface area contributed by atoms with Gasteiger partial charge in [0, 0.05) is 19.3 Å². The fraction of sp³-hybridized carbons (Fsp3) is 0.792. The molecule has 0 bridgehead atoms. The number of carbonyl (C=O) groups is 3. The van der Waals surface area contributed by atoms with Crippen molar-refractivity contribution in [3.8, 4) is 0 Å². The van der Waals surface area contributed by atoms with Crippen LogP contribution in [0.2, 0.25) is 0 Å². The lowest BCUT2D eigenvalue weighted by Crippen LogP contribution is -2.50. The van der Waals surface area contributed by atoms with Crippen LogP contribution in [-0.4, -0.2) is 80.6 Å². The Hall–Kier alpha value is -2.71. The van der Waals surface area contributed by atoms with Crippen LogP contribution in [0.5, 0.6) is 0 Å². The van der Waals surface area contributed by atoms with Gasteiger partial charge in [-0.2, -0.15) is 0 Å². The first-order chi connectivity index (χ1) is 29.6. The first-order valence-corrected chi connectivity index (χ1v) is 25.2. The maximum Gasteiger partial charge on any atom is 0.362 e. The maximum atomic E-state index is 12.8. The minimum absolute atomic E-state index is 0.0543. The number of hydrogen-bond acceptors (Lipinski definition) is 6. The molecule has 0 aromatic carbocycles. The summed E-state index contributed by atoms with van der Waals surface area (Å²) >= 11 is 0. The van der Waals surface area contributed by atoms with Gasteiger partial charge in [0.05, 0.1) is 34.4 Å². The van der Waals surface area contributed by atoms with E-state index in [9.17, 15) is 19.5 Å². The van der Waals surface area contributed by atoms with Crippen LogP contribution in [0.15, 0.2) is 48.6 Å². The average molecular weight is 859 g/mol. The van der Waals surface area contributed by atoms with Crippen LogP contribution < -0.4 is 0 Å². The lowest BCUT2D eigenvalue weighted by molar-refractivity contribution is -0.887. The number of allylic oxidation sites excluding steroid dienone is 8. The van der Waals surface area contributed by atoms with Crippen LogP contribution in [0.1, 0.15) is 219 Å². The molecular formula is C53H96NO7+. The zero-order valence-corrected chi connectivity index (χ0v) is 40.4. The molecule has 0 radical (unpaired) electrons. The minimum atomic E-state index is -0.877. The highest BCUT2D eigenvalue weighted by atomic mass is 16.6. The molecule has 0 aromatic heterocycles. The number of likely N-dealkylation sites (N-methyl/N-ethyl adjacent to an activating group) is 1. The third-order valence-corrected chi connectivity index (χ3v) is 11.2. The molecule has 0 aliphatic carbocycles. The van der Waals surface area contributed by atoms with E-state index in [1.807, 2.05) is 21.1 Å². The van der Waals surface area contributed by atoms with E-state index in [1.165, 1.54) is 122 Å². The highest BCUT2D eigenvalue weighted by molar-refractivity contribution is 5.72. The van der Waals surface area contributed by atoms with Gasteiger partial charge in [0.1, 0.15) is 6.61 Å². The molecule has 354 valence electrons. The average Bonchev–Trinajstić information content (AvgIpc) is 3.22. The maximum absolute atomic E-state index is 12.8. The molecule has 2 atom stereocenters. The Labute approximate surface area is 376 Å². The lowest BCUT2D eigenvalue weighted by atomic mass is 10.1. The van der Waals surface area contributed by atoms with E-state index in [0.29, 0.717) is 19.3 Å². The van der Waals surface area contributed by atoms with E-state index in [-0.39, 0.29) is 36.2 Å². The Morgan fingerprint density at radius 3 is 1.33 bits per heavy atom. The van der Waals surface area contributed by atoms with Gasteiger partial charge >= 0.3 is 17.9 Å². The van der Waals surface area contributed by atoms with Gasteiger partial charge in [0.15, 0.2) is 12.1 Å². The number of rotatable bonds is 45. The van der Waals surface area contributed by atoms with Crippen molar-refractivity contribution in [2.75, 3.05) is 41.0 Å². The summed E-state index contributed by atoms with van der Waals surface area (Å²) in [6.07, 6.45) is 52.9. The SMILES string of the molecule is CCCCC/C=C\C/C=C\C/C=C\CCCCCCCCC(=O)OC(COCCC(C(=O)O)[N+](C)(C)C)COC(=O)CCCCCCCCC/C=C\CCCCCCCCC. The fourth-order valence-corrected chi connectivity index (χ4v) is 7.27. The van der Waals surface area contributed by atoms with Crippen molar-refractivity contribution in [3.05, 3.63) is 48.6 Å². The summed E-state index contributed by atoms with van der Waals surface area (Å²) in [6, 6.07) is -0.619. The quantitative estimate of drug-likeness (QED) is 0.0282. The molecule has 0 aliphatic heterocycles. The molecule has 1 N–H and O–H groups in total. The third-order valence-electron chi connectivity index (χ3n) is 11.2. The number of esters is 2. The van der Waals surface area contributed by atoms with Gasteiger partial charge in [0.2, 0.25) is 0 Å². The number of hydrogen-bond donors (Lipinski definition) is 1. The normalized spacial score (nSPS) is 13.3. The first-order valence-electron chi connectivity index (χ1n) is 25.2. The lowest BCUT2D eigenvalue weighted by Gasteiger charge is -2.31. The second-order valence-electron chi connectivity index (χ2n) is 18.1. The van der Waals surface area contributed by atoms with Gasteiger partial charge in [0.25, 0.3) is 0 Å². The summed E-state index contributed by atoms with van der Waals surface area (Å²) in [5, 5.41) is 9.65.